The zero-order valence-corrected chi connectivity index (χ0v) is 14.8. The number of amides is 1. The molecule has 0 saturated heterocycles. The van der Waals surface area contributed by atoms with Gasteiger partial charge in [0.2, 0.25) is 11.0 Å². The Labute approximate surface area is 147 Å². The normalized spacial score (nSPS) is 11.2. The molecule has 0 spiro atoms. The molecule has 3 rings (SSSR count). The van der Waals surface area contributed by atoms with Crippen molar-refractivity contribution in [3.05, 3.63) is 39.6 Å². The number of rotatable bonds is 6. The molecule has 2 aromatic heterocycles. The van der Waals surface area contributed by atoms with Crippen molar-refractivity contribution >= 4 is 33.3 Å². The number of hydrogen-bond donors (Lipinski definition) is 1. The van der Waals surface area contributed by atoms with Crippen molar-refractivity contribution in [2.75, 3.05) is 5.32 Å². The third-order valence-electron chi connectivity index (χ3n) is 3.58. The fourth-order valence-electron chi connectivity index (χ4n) is 2.26. The maximum absolute atomic E-state index is 12.3. The van der Waals surface area contributed by atoms with E-state index in [0.29, 0.717) is 29.0 Å². The van der Waals surface area contributed by atoms with E-state index in [-0.39, 0.29) is 23.8 Å². The fraction of sp³-hybridized carbons (Fsp3) is 0.375. The minimum atomic E-state index is -0.197. The molecular formula is C16H18N6O2S. The Hall–Kier alpha value is -2.68. The summed E-state index contributed by atoms with van der Waals surface area (Å²) in [5.41, 5.74) is 0.371. The predicted octanol–water partition coefficient (Wildman–Crippen LogP) is 2.19. The second-order valence-electron chi connectivity index (χ2n) is 5.89. The SMILES string of the molecule is CC(C)c1nnc(NC(=O)CCCn2nnc3ccccc3c2=O)s1. The first-order valence-corrected chi connectivity index (χ1v) is 8.82. The van der Waals surface area contributed by atoms with Crippen LogP contribution in [0.2, 0.25) is 0 Å². The Bertz CT molecular complexity index is 949. The molecule has 0 fully saturated rings. The third-order valence-corrected chi connectivity index (χ3v) is 4.72. The van der Waals surface area contributed by atoms with Crippen LogP contribution in [0.4, 0.5) is 5.13 Å². The zero-order valence-electron chi connectivity index (χ0n) is 14.0. The van der Waals surface area contributed by atoms with Crippen LogP contribution in [0.15, 0.2) is 29.1 Å². The number of aryl methyl sites for hydroxylation is 1. The van der Waals surface area contributed by atoms with Gasteiger partial charge in [-0.1, -0.05) is 42.5 Å². The molecule has 25 heavy (non-hydrogen) atoms. The quantitative estimate of drug-likeness (QED) is 0.724. The second kappa shape index (κ2) is 7.47. The molecule has 0 unspecified atom stereocenters. The predicted molar refractivity (Wildman–Crippen MR) is 95.7 cm³/mol. The van der Waals surface area contributed by atoms with Crippen molar-refractivity contribution < 1.29 is 4.79 Å². The van der Waals surface area contributed by atoms with Gasteiger partial charge in [-0.15, -0.1) is 15.3 Å². The highest BCUT2D eigenvalue weighted by Crippen LogP contribution is 2.22. The molecule has 0 saturated carbocycles. The maximum atomic E-state index is 12.3. The van der Waals surface area contributed by atoms with Gasteiger partial charge in [-0.3, -0.25) is 9.59 Å². The molecule has 1 amide bonds. The van der Waals surface area contributed by atoms with Crippen LogP contribution in [0.25, 0.3) is 10.9 Å². The molecule has 0 aliphatic heterocycles. The van der Waals surface area contributed by atoms with E-state index in [2.05, 4.69) is 25.8 Å². The lowest BCUT2D eigenvalue weighted by Crippen LogP contribution is -2.25. The van der Waals surface area contributed by atoms with Crippen molar-refractivity contribution in [2.45, 2.75) is 39.2 Å². The minimum Gasteiger partial charge on any atom is -0.301 e. The second-order valence-corrected chi connectivity index (χ2v) is 6.90. The van der Waals surface area contributed by atoms with Gasteiger partial charge < -0.3 is 5.32 Å². The summed E-state index contributed by atoms with van der Waals surface area (Å²) in [6, 6.07) is 7.06. The van der Waals surface area contributed by atoms with Gasteiger partial charge in [0.25, 0.3) is 5.56 Å². The van der Waals surface area contributed by atoms with E-state index in [1.165, 1.54) is 16.0 Å². The Kier molecular flexibility index (Phi) is 5.13. The molecule has 3 aromatic rings. The topological polar surface area (TPSA) is 103 Å². The lowest BCUT2D eigenvalue weighted by Gasteiger charge is -2.04. The first-order chi connectivity index (χ1) is 12.0. The van der Waals surface area contributed by atoms with Crippen molar-refractivity contribution in [3.8, 4) is 0 Å². The van der Waals surface area contributed by atoms with Gasteiger partial charge >= 0.3 is 0 Å². The Morgan fingerprint density at radius 1 is 1.24 bits per heavy atom. The van der Waals surface area contributed by atoms with Crippen molar-refractivity contribution in [3.63, 3.8) is 0 Å². The van der Waals surface area contributed by atoms with E-state index < -0.39 is 0 Å². The monoisotopic (exact) mass is 358 g/mol. The van der Waals surface area contributed by atoms with Gasteiger partial charge in [0, 0.05) is 18.9 Å². The summed E-state index contributed by atoms with van der Waals surface area (Å²) in [7, 11) is 0. The van der Waals surface area contributed by atoms with Gasteiger partial charge in [0.05, 0.1) is 5.39 Å². The van der Waals surface area contributed by atoms with Gasteiger partial charge in [-0.25, -0.2) is 4.68 Å². The van der Waals surface area contributed by atoms with Crippen LogP contribution in [0.5, 0.6) is 0 Å². The summed E-state index contributed by atoms with van der Waals surface area (Å²) in [6.07, 6.45) is 0.742. The number of carbonyl (C=O) groups is 1. The largest absolute Gasteiger partial charge is 0.301 e. The van der Waals surface area contributed by atoms with Crippen molar-refractivity contribution in [2.24, 2.45) is 0 Å². The first-order valence-electron chi connectivity index (χ1n) is 8.00. The number of nitrogens with zero attached hydrogens (tertiary/aromatic N) is 5. The lowest BCUT2D eigenvalue weighted by atomic mass is 10.2. The molecule has 9 heteroatoms. The molecule has 130 valence electrons. The summed E-state index contributed by atoms with van der Waals surface area (Å²) in [4.78, 5) is 24.3. The number of aromatic nitrogens is 5. The number of hydrogen-bond acceptors (Lipinski definition) is 7. The number of benzene rings is 1. The summed E-state index contributed by atoms with van der Waals surface area (Å²) < 4.78 is 1.29. The van der Waals surface area contributed by atoms with Gasteiger partial charge in [0.1, 0.15) is 10.5 Å². The van der Waals surface area contributed by atoms with Crippen LogP contribution in [0.3, 0.4) is 0 Å². The van der Waals surface area contributed by atoms with Gasteiger partial charge in [-0.05, 0) is 18.6 Å². The standard InChI is InChI=1S/C16H18N6O2S/c1-10(2)14-19-20-16(25-14)17-13(23)8-5-9-22-15(24)11-6-3-4-7-12(11)18-21-22/h3-4,6-7,10H,5,8-9H2,1-2H3,(H,17,20,23). The van der Waals surface area contributed by atoms with Gasteiger partial charge in [0.15, 0.2) is 0 Å². The Morgan fingerprint density at radius 3 is 2.80 bits per heavy atom. The highest BCUT2D eigenvalue weighted by molar-refractivity contribution is 7.15. The minimum absolute atomic E-state index is 0.159. The van der Waals surface area contributed by atoms with Crippen LogP contribution < -0.4 is 10.9 Å². The molecule has 0 aliphatic carbocycles. The van der Waals surface area contributed by atoms with Crippen LogP contribution >= 0.6 is 11.3 Å². The van der Waals surface area contributed by atoms with E-state index in [0.717, 1.165) is 5.01 Å². The van der Waals surface area contributed by atoms with Crippen LogP contribution in [-0.2, 0) is 11.3 Å². The summed E-state index contributed by atoms with van der Waals surface area (Å²) in [6.45, 7) is 4.38. The zero-order chi connectivity index (χ0) is 17.8. The summed E-state index contributed by atoms with van der Waals surface area (Å²) in [5, 5.41) is 20.5. The van der Waals surface area contributed by atoms with E-state index in [9.17, 15) is 9.59 Å². The van der Waals surface area contributed by atoms with Crippen molar-refractivity contribution in [1.29, 1.82) is 0 Å². The molecule has 0 aliphatic rings. The summed E-state index contributed by atoms with van der Waals surface area (Å²) in [5.74, 6) is 0.120. The highest BCUT2D eigenvalue weighted by atomic mass is 32.1. The van der Waals surface area contributed by atoms with Crippen LogP contribution in [-0.4, -0.2) is 31.1 Å². The number of fused-ring (bicyclic) bond motifs is 1. The fourth-order valence-corrected chi connectivity index (χ4v) is 3.02. The molecule has 1 N–H and O–H groups in total. The van der Waals surface area contributed by atoms with E-state index >= 15 is 0 Å². The highest BCUT2D eigenvalue weighted by Gasteiger charge is 2.11. The molecule has 0 atom stereocenters. The molecule has 1 aromatic carbocycles. The molecular weight excluding hydrogens is 340 g/mol. The smallest absolute Gasteiger partial charge is 0.277 e. The van der Waals surface area contributed by atoms with E-state index in [1.54, 1.807) is 18.2 Å². The third kappa shape index (κ3) is 4.05. The molecule has 0 radical (unpaired) electrons. The summed E-state index contributed by atoms with van der Waals surface area (Å²) >= 11 is 1.37. The van der Waals surface area contributed by atoms with Crippen molar-refractivity contribution in [1.82, 2.24) is 25.2 Å². The molecule has 0 bridgehead atoms. The Balaban J connectivity index is 1.56. The van der Waals surface area contributed by atoms with Gasteiger partial charge in [-0.2, -0.15) is 0 Å². The first kappa shape index (κ1) is 17.2. The molecule has 2 heterocycles. The van der Waals surface area contributed by atoms with Crippen LogP contribution in [0, 0.1) is 0 Å². The lowest BCUT2D eigenvalue weighted by molar-refractivity contribution is -0.116. The average Bonchev–Trinajstić information content (AvgIpc) is 3.06. The molecule has 8 nitrogen and oxygen atoms in total. The number of carbonyl (C=O) groups excluding carboxylic acids is 1. The number of anilines is 1. The average molecular weight is 358 g/mol. The Morgan fingerprint density at radius 2 is 2.04 bits per heavy atom. The van der Waals surface area contributed by atoms with E-state index in [4.69, 9.17) is 0 Å². The number of nitrogens with one attached hydrogen (secondary N) is 1. The van der Waals surface area contributed by atoms with Crippen LogP contribution in [0.1, 0.15) is 37.6 Å². The maximum Gasteiger partial charge on any atom is 0.277 e. The van der Waals surface area contributed by atoms with E-state index in [1.807, 2.05) is 19.9 Å².